The highest BCUT2D eigenvalue weighted by Crippen LogP contribution is 2.42. The van der Waals surface area contributed by atoms with Crippen LogP contribution in [0.25, 0.3) is 0 Å². The molecule has 118 valence electrons. The van der Waals surface area contributed by atoms with Crippen molar-refractivity contribution in [2.24, 2.45) is 4.99 Å². The van der Waals surface area contributed by atoms with Crippen LogP contribution in [0.3, 0.4) is 0 Å². The molecule has 0 radical (unpaired) electrons. The first-order valence-electron chi connectivity index (χ1n) is 7.36. The van der Waals surface area contributed by atoms with Crippen molar-refractivity contribution in [2.45, 2.75) is 16.8 Å². The minimum atomic E-state index is -0.282. The van der Waals surface area contributed by atoms with Crippen molar-refractivity contribution in [3.8, 4) is 0 Å². The number of aliphatic imine (C=N–C) groups is 1. The molecule has 0 amide bonds. The molecule has 0 bridgehead atoms. The number of hydrogen-bond acceptors (Lipinski definition) is 5. The Labute approximate surface area is 142 Å². The van der Waals surface area contributed by atoms with Crippen LogP contribution in [0, 0.1) is 12.7 Å². The van der Waals surface area contributed by atoms with E-state index in [4.69, 9.17) is 10.7 Å². The highest BCUT2D eigenvalue weighted by molar-refractivity contribution is 7.99. The van der Waals surface area contributed by atoms with Crippen molar-refractivity contribution >= 4 is 29.0 Å². The van der Waals surface area contributed by atoms with Gasteiger partial charge in [-0.25, -0.2) is 19.4 Å². The number of halogens is 1. The van der Waals surface area contributed by atoms with Gasteiger partial charge < -0.3 is 5.73 Å². The summed E-state index contributed by atoms with van der Waals surface area (Å²) >= 11 is 1.51. The maximum absolute atomic E-state index is 13.3. The van der Waals surface area contributed by atoms with Crippen LogP contribution in [0.2, 0.25) is 0 Å². The molecule has 0 atom stereocenters. The Morgan fingerprint density at radius 2 is 1.83 bits per heavy atom. The second kappa shape index (κ2) is 5.72. The summed E-state index contributed by atoms with van der Waals surface area (Å²) < 4.78 is 13.3. The maximum atomic E-state index is 13.3. The average Bonchev–Trinajstić information content (AvgIpc) is 2.73. The van der Waals surface area contributed by atoms with Crippen molar-refractivity contribution in [3.05, 3.63) is 71.3 Å². The van der Waals surface area contributed by atoms with Gasteiger partial charge in [0.25, 0.3) is 0 Å². The van der Waals surface area contributed by atoms with Gasteiger partial charge in [-0.15, -0.1) is 0 Å². The van der Waals surface area contributed by atoms with Gasteiger partial charge in [0.2, 0.25) is 0 Å². The summed E-state index contributed by atoms with van der Waals surface area (Å²) in [6.07, 6.45) is 1.44. The topological polar surface area (TPSA) is 64.2 Å². The van der Waals surface area contributed by atoms with Gasteiger partial charge in [-0.1, -0.05) is 23.4 Å². The fraction of sp³-hybridized carbons (Fsp3) is 0.0556. The molecule has 0 aliphatic carbocycles. The molecule has 1 aliphatic heterocycles. The second-order valence-corrected chi connectivity index (χ2v) is 6.51. The molecule has 2 N–H and O–H groups in total. The van der Waals surface area contributed by atoms with Crippen LogP contribution in [0.4, 0.5) is 15.9 Å². The Balaban J connectivity index is 2.02. The van der Waals surface area contributed by atoms with Crippen LogP contribution in [0.15, 0.2) is 63.7 Å². The monoisotopic (exact) mass is 336 g/mol. The molecule has 0 unspecified atom stereocenters. The van der Waals surface area contributed by atoms with Gasteiger partial charge in [-0.05, 0) is 43.3 Å². The molecule has 0 saturated heterocycles. The summed E-state index contributed by atoms with van der Waals surface area (Å²) in [4.78, 5) is 14.1. The van der Waals surface area contributed by atoms with Crippen molar-refractivity contribution < 1.29 is 4.39 Å². The van der Waals surface area contributed by atoms with Crippen LogP contribution in [-0.2, 0) is 0 Å². The number of nitrogens with two attached hydrogens (primary N) is 1. The lowest BCUT2D eigenvalue weighted by atomic mass is 10.0. The first-order valence-corrected chi connectivity index (χ1v) is 8.17. The summed E-state index contributed by atoms with van der Waals surface area (Å²) in [5.41, 5.74) is 10.2. The molecule has 1 aliphatic rings. The molecule has 24 heavy (non-hydrogen) atoms. The lowest BCUT2D eigenvalue weighted by Crippen LogP contribution is -2.05. The quantitative estimate of drug-likeness (QED) is 0.531. The maximum Gasteiger partial charge on any atom is 0.154 e. The summed E-state index contributed by atoms with van der Waals surface area (Å²) in [5, 5.41) is 0.713. The zero-order valence-electron chi connectivity index (χ0n) is 12.8. The number of nitrogen functional groups attached to an aromatic ring is 1. The van der Waals surface area contributed by atoms with E-state index in [9.17, 15) is 4.39 Å². The van der Waals surface area contributed by atoms with Crippen molar-refractivity contribution in [1.82, 2.24) is 9.97 Å². The number of aromatic nitrogens is 2. The number of nitrogens with zero attached hydrogens (tertiary/aromatic N) is 3. The van der Waals surface area contributed by atoms with E-state index in [1.807, 2.05) is 19.1 Å². The van der Waals surface area contributed by atoms with Crippen LogP contribution in [0.5, 0.6) is 0 Å². The van der Waals surface area contributed by atoms with Gasteiger partial charge in [-0.3, -0.25) is 0 Å². The van der Waals surface area contributed by atoms with Crippen molar-refractivity contribution in [2.75, 3.05) is 5.73 Å². The summed E-state index contributed by atoms with van der Waals surface area (Å²) in [6, 6.07) is 12.4. The molecule has 0 fully saturated rings. The first kappa shape index (κ1) is 14.8. The first-order chi connectivity index (χ1) is 11.6. The Morgan fingerprint density at radius 1 is 1.04 bits per heavy atom. The molecule has 4 rings (SSSR count). The number of fused-ring (bicyclic) bond motifs is 2. The van der Waals surface area contributed by atoms with E-state index >= 15 is 0 Å². The third-order valence-corrected chi connectivity index (χ3v) is 4.82. The molecule has 0 spiro atoms. The molecular formula is C18H13FN4S. The minimum absolute atomic E-state index is 0.282. The number of hydrogen-bond donors (Lipinski definition) is 1. The molecular weight excluding hydrogens is 323 g/mol. The van der Waals surface area contributed by atoms with E-state index in [-0.39, 0.29) is 5.82 Å². The number of anilines is 1. The van der Waals surface area contributed by atoms with Crippen molar-refractivity contribution in [3.63, 3.8) is 0 Å². The Morgan fingerprint density at radius 3 is 2.62 bits per heavy atom. The van der Waals surface area contributed by atoms with Gasteiger partial charge >= 0.3 is 0 Å². The highest BCUT2D eigenvalue weighted by Gasteiger charge is 2.21. The van der Waals surface area contributed by atoms with Gasteiger partial charge in [0.05, 0.1) is 5.71 Å². The van der Waals surface area contributed by atoms with E-state index in [0.29, 0.717) is 16.5 Å². The van der Waals surface area contributed by atoms with E-state index in [0.717, 1.165) is 27.3 Å². The zero-order valence-corrected chi connectivity index (χ0v) is 13.6. The molecule has 4 nitrogen and oxygen atoms in total. The standard InChI is InChI=1S/C18H13FN4S/c1-10-2-7-14-13(8-10)15(11-3-5-12(19)6-4-11)23-16-17(20)21-9-22-18(16)24-14/h2-9H,1H3,(H2,20,21,22). The Hall–Kier alpha value is -2.73. The van der Waals surface area contributed by atoms with Gasteiger partial charge in [-0.2, -0.15) is 0 Å². The van der Waals surface area contributed by atoms with E-state index in [2.05, 4.69) is 16.0 Å². The van der Waals surface area contributed by atoms with Gasteiger partial charge in [0, 0.05) is 16.0 Å². The van der Waals surface area contributed by atoms with E-state index < -0.39 is 0 Å². The third-order valence-electron chi connectivity index (χ3n) is 3.76. The van der Waals surface area contributed by atoms with Gasteiger partial charge in [0.15, 0.2) is 5.82 Å². The molecule has 2 aromatic carbocycles. The molecule has 0 saturated carbocycles. The predicted octanol–water partition coefficient (Wildman–Crippen LogP) is 4.14. The zero-order chi connectivity index (χ0) is 16.7. The summed E-state index contributed by atoms with van der Waals surface area (Å²) in [7, 11) is 0. The molecule has 1 aromatic heterocycles. The van der Waals surface area contributed by atoms with Crippen LogP contribution >= 0.6 is 11.8 Å². The summed E-state index contributed by atoms with van der Waals surface area (Å²) in [5.74, 6) is 0.0479. The largest absolute Gasteiger partial charge is 0.382 e. The van der Waals surface area contributed by atoms with E-state index in [1.165, 1.54) is 30.2 Å². The number of aryl methyl sites for hydroxylation is 1. The molecule has 6 heteroatoms. The van der Waals surface area contributed by atoms with E-state index in [1.54, 1.807) is 12.1 Å². The summed E-state index contributed by atoms with van der Waals surface area (Å²) in [6.45, 7) is 2.03. The Bertz CT molecular complexity index is 967. The SMILES string of the molecule is Cc1ccc2c(c1)C(c1ccc(F)cc1)=Nc1c(N)ncnc1S2. The average molecular weight is 336 g/mol. The molecule has 3 aromatic rings. The minimum Gasteiger partial charge on any atom is -0.382 e. The predicted molar refractivity (Wildman–Crippen MR) is 93.4 cm³/mol. The lowest BCUT2D eigenvalue weighted by Gasteiger charge is -2.10. The van der Waals surface area contributed by atoms with Crippen LogP contribution in [-0.4, -0.2) is 15.7 Å². The Kier molecular flexibility index (Phi) is 3.54. The van der Waals surface area contributed by atoms with Gasteiger partial charge in [0.1, 0.15) is 22.9 Å². The third kappa shape index (κ3) is 2.55. The second-order valence-electron chi connectivity index (χ2n) is 5.48. The van der Waals surface area contributed by atoms with Crippen LogP contribution in [0.1, 0.15) is 16.7 Å². The molecule has 2 heterocycles. The highest BCUT2D eigenvalue weighted by atomic mass is 32.2. The number of rotatable bonds is 1. The fourth-order valence-corrected chi connectivity index (χ4v) is 3.53. The number of benzene rings is 2. The van der Waals surface area contributed by atoms with Crippen LogP contribution < -0.4 is 5.73 Å². The normalized spacial score (nSPS) is 12.8. The smallest absolute Gasteiger partial charge is 0.154 e. The van der Waals surface area contributed by atoms with Crippen molar-refractivity contribution in [1.29, 1.82) is 0 Å². The fourth-order valence-electron chi connectivity index (χ4n) is 2.58. The lowest BCUT2D eigenvalue weighted by molar-refractivity contribution is 0.628.